The Balaban J connectivity index is 2.07. The molecule has 0 aromatic heterocycles. The first-order valence-corrected chi connectivity index (χ1v) is 8.51. The first-order valence-electron chi connectivity index (χ1n) is 6.69. The maximum Gasteiger partial charge on any atom is 0.253 e. The Morgan fingerprint density at radius 2 is 2.00 bits per heavy atom. The van der Waals surface area contributed by atoms with Gasteiger partial charge in [-0.1, -0.05) is 12.1 Å². The van der Waals surface area contributed by atoms with Crippen LogP contribution in [0.1, 0.15) is 22.3 Å². The number of nitrogens with two attached hydrogens (primary N) is 1. The summed E-state index contributed by atoms with van der Waals surface area (Å²) in [6, 6.07) is 7.11. The second-order valence-electron chi connectivity index (χ2n) is 5.21. The molecular formula is C14H20N2O3S. The van der Waals surface area contributed by atoms with Crippen LogP contribution in [-0.4, -0.2) is 50.4 Å². The van der Waals surface area contributed by atoms with E-state index in [9.17, 15) is 13.2 Å². The third kappa shape index (κ3) is 3.37. The van der Waals surface area contributed by atoms with Crippen LogP contribution >= 0.6 is 0 Å². The second-order valence-corrected chi connectivity index (χ2v) is 7.44. The number of carbonyl (C=O) groups excluding carboxylic acids is 1. The van der Waals surface area contributed by atoms with Gasteiger partial charge in [0.15, 0.2) is 9.84 Å². The average Bonchev–Trinajstić information content (AvgIpc) is 2.79. The van der Waals surface area contributed by atoms with Crippen LogP contribution in [0.2, 0.25) is 0 Å². The zero-order valence-electron chi connectivity index (χ0n) is 11.6. The van der Waals surface area contributed by atoms with Gasteiger partial charge in [0.05, 0.1) is 11.5 Å². The fourth-order valence-electron chi connectivity index (χ4n) is 2.43. The summed E-state index contributed by atoms with van der Waals surface area (Å²) >= 11 is 0. The summed E-state index contributed by atoms with van der Waals surface area (Å²) in [6.07, 6.45) is 1.31. The van der Waals surface area contributed by atoms with Crippen LogP contribution < -0.4 is 5.73 Å². The molecule has 1 atom stereocenters. The molecule has 1 aromatic carbocycles. The Kier molecular flexibility index (Phi) is 4.45. The van der Waals surface area contributed by atoms with E-state index in [1.165, 1.54) is 0 Å². The summed E-state index contributed by atoms with van der Waals surface area (Å²) in [6.45, 7) is 0.577. The zero-order chi connectivity index (χ0) is 14.8. The molecule has 1 aromatic rings. The van der Waals surface area contributed by atoms with E-state index in [4.69, 9.17) is 5.73 Å². The van der Waals surface area contributed by atoms with Gasteiger partial charge in [-0.15, -0.1) is 0 Å². The van der Waals surface area contributed by atoms with Gasteiger partial charge in [0.1, 0.15) is 0 Å². The van der Waals surface area contributed by atoms with Gasteiger partial charge in [0.25, 0.3) is 5.91 Å². The van der Waals surface area contributed by atoms with Crippen molar-refractivity contribution in [1.82, 2.24) is 4.90 Å². The van der Waals surface area contributed by atoms with Gasteiger partial charge in [0, 0.05) is 18.7 Å². The Bertz CT molecular complexity index is 581. The largest absolute Gasteiger partial charge is 0.338 e. The molecule has 0 saturated carbocycles. The minimum absolute atomic E-state index is 0.0699. The average molecular weight is 296 g/mol. The van der Waals surface area contributed by atoms with Gasteiger partial charge in [-0.25, -0.2) is 8.42 Å². The van der Waals surface area contributed by atoms with Gasteiger partial charge >= 0.3 is 0 Å². The summed E-state index contributed by atoms with van der Waals surface area (Å²) < 4.78 is 22.9. The molecule has 2 N–H and O–H groups in total. The van der Waals surface area contributed by atoms with E-state index in [0.29, 0.717) is 18.5 Å². The van der Waals surface area contributed by atoms with Crippen molar-refractivity contribution < 1.29 is 13.2 Å². The van der Waals surface area contributed by atoms with Crippen molar-refractivity contribution in [1.29, 1.82) is 0 Å². The van der Waals surface area contributed by atoms with Crippen molar-refractivity contribution in [2.75, 3.05) is 25.1 Å². The minimum Gasteiger partial charge on any atom is -0.338 e. The zero-order valence-corrected chi connectivity index (χ0v) is 12.4. The predicted molar refractivity (Wildman–Crippen MR) is 78.4 cm³/mol. The highest BCUT2D eigenvalue weighted by molar-refractivity contribution is 7.91. The Hall–Kier alpha value is -1.40. The predicted octanol–water partition coefficient (Wildman–Crippen LogP) is 0.447. The topological polar surface area (TPSA) is 80.5 Å². The molecule has 20 heavy (non-hydrogen) atoms. The molecule has 0 aliphatic carbocycles. The number of nitrogens with zero attached hydrogens (tertiary/aromatic N) is 1. The quantitative estimate of drug-likeness (QED) is 0.874. The molecule has 1 unspecified atom stereocenters. The molecule has 6 heteroatoms. The number of carbonyl (C=O) groups is 1. The van der Waals surface area contributed by atoms with Crippen molar-refractivity contribution in [2.45, 2.75) is 18.9 Å². The molecule has 2 rings (SSSR count). The van der Waals surface area contributed by atoms with Gasteiger partial charge in [0.2, 0.25) is 0 Å². The van der Waals surface area contributed by atoms with Crippen LogP contribution in [0.5, 0.6) is 0 Å². The van der Waals surface area contributed by atoms with Crippen LogP contribution in [-0.2, 0) is 16.3 Å². The molecule has 1 saturated heterocycles. The lowest BCUT2D eigenvalue weighted by molar-refractivity contribution is 0.0747. The van der Waals surface area contributed by atoms with E-state index < -0.39 is 9.84 Å². The standard InChI is InChI=1S/C14H20N2O3S/c1-16(13-7-9-20(18,19)10-13)14(17)12-4-2-11(3-5-12)6-8-15/h2-5,13H,6-10,15H2,1H3. The van der Waals surface area contributed by atoms with Crippen molar-refractivity contribution in [3.63, 3.8) is 0 Å². The van der Waals surface area contributed by atoms with Crippen molar-refractivity contribution in [2.24, 2.45) is 5.73 Å². The van der Waals surface area contributed by atoms with Crippen LogP contribution in [0.15, 0.2) is 24.3 Å². The van der Waals surface area contributed by atoms with Crippen LogP contribution in [0.4, 0.5) is 0 Å². The fourth-order valence-corrected chi connectivity index (χ4v) is 4.21. The van der Waals surface area contributed by atoms with E-state index >= 15 is 0 Å². The molecule has 1 aliphatic heterocycles. The summed E-state index contributed by atoms with van der Waals surface area (Å²) in [7, 11) is -1.31. The molecule has 5 nitrogen and oxygen atoms in total. The van der Waals surface area contributed by atoms with Crippen LogP contribution in [0, 0.1) is 0 Å². The first kappa shape index (κ1) is 15.0. The van der Waals surface area contributed by atoms with Gasteiger partial charge in [-0.05, 0) is 37.1 Å². The van der Waals surface area contributed by atoms with E-state index in [2.05, 4.69) is 0 Å². The number of rotatable bonds is 4. The Morgan fingerprint density at radius 3 is 2.50 bits per heavy atom. The summed E-state index contributed by atoms with van der Waals surface area (Å²) in [5.74, 6) is 0.108. The van der Waals surface area contributed by atoms with Crippen molar-refractivity contribution in [3.05, 3.63) is 35.4 Å². The lowest BCUT2D eigenvalue weighted by Crippen LogP contribution is -2.37. The van der Waals surface area contributed by atoms with E-state index in [-0.39, 0.29) is 23.5 Å². The molecule has 0 bridgehead atoms. The SMILES string of the molecule is CN(C(=O)c1ccc(CCN)cc1)C1CCS(=O)(=O)C1. The third-order valence-electron chi connectivity index (χ3n) is 3.71. The third-order valence-corrected chi connectivity index (χ3v) is 5.46. The van der Waals surface area contributed by atoms with Crippen LogP contribution in [0.25, 0.3) is 0 Å². The fraction of sp³-hybridized carbons (Fsp3) is 0.500. The summed E-state index contributed by atoms with van der Waals surface area (Å²) in [5.41, 5.74) is 7.16. The number of hydrogen-bond acceptors (Lipinski definition) is 4. The van der Waals surface area contributed by atoms with Gasteiger partial charge < -0.3 is 10.6 Å². The Morgan fingerprint density at radius 1 is 1.35 bits per heavy atom. The van der Waals surface area contributed by atoms with Crippen molar-refractivity contribution in [3.8, 4) is 0 Å². The maximum atomic E-state index is 12.3. The highest BCUT2D eigenvalue weighted by Crippen LogP contribution is 2.18. The number of sulfone groups is 1. The maximum absolute atomic E-state index is 12.3. The number of hydrogen-bond donors (Lipinski definition) is 1. The molecule has 110 valence electrons. The van der Waals surface area contributed by atoms with Gasteiger partial charge in [-0.2, -0.15) is 0 Å². The highest BCUT2D eigenvalue weighted by Gasteiger charge is 2.32. The number of amides is 1. The first-order chi connectivity index (χ1) is 9.43. The van der Waals surface area contributed by atoms with E-state index in [0.717, 1.165) is 12.0 Å². The lowest BCUT2D eigenvalue weighted by atomic mass is 10.1. The molecule has 1 amide bonds. The van der Waals surface area contributed by atoms with Crippen molar-refractivity contribution >= 4 is 15.7 Å². The molecule has 0 radical (unpaired) electrons. The number of benzene rings is 1. The second kappa shape index (κ2) is 5.93. The molecule has 1 fully saturated rings. The molecule has 0 spiro atoms. The highest BCUT2D eigenvalue weighted by atomic mass is 32.2. The molecular weight excluding hydrogens is 276 g/mol. The van der Waals surface area contributed by atoms with E-state index in [1.807, 2.05) is 12.1 Å². The van der Waals surface area contributed by atoms with Gasteiger partial charge in [-0.3, -0.25) is 4.79 Å². The monoisotopic (exact) mass is 296 g/mol. The minimum atomic E-state index is -2.98. The normalized spacial score (nSPS) is 20.8. The lowest BCUT2D eigenvalue weighted by Gasteiger charge is -2.23. The summed E-state index contributed by atoms with van der Waals surface area (Å²) in [5, 5.41) is 0. The Labute approximate surface area is 119 Å². The smallest absolute Gasteiger partial charge is 0.253 e. The molecule has 1 aliphatic rings. The summed E-state index contributed by atoms with van der Waals surface area (Å²) in [4.78, 5) is 13.9. The van der Waals surface area contributed by atoms with Crippen LogP contribution in [0.3, 0.4) is 0 Å². The molecule has 1 heterocycles. The van der Waals surface area contributed by atoms with E-state index in [1.54, 1.807) is 24.1 Å².